The van der Waals surface area contributed by atoms with Crippen LogP contribution >= 0.6 is 22.7 Å². The van der Waals surface area contributed by atoms with E-state index in [2.05, 4.69) is 4.72 Å². The molecule has 0 aliphatic carbocycles. The van der Waals surface area contributed by atoms with E-state index in [1.807, 2.05) is 0 Å². The molecule has 6 nitrogen and oxygen atoms in total. The van der Waals surface area contributed by atoms with Gasteiger partial charge in [0, 0.05) is 11.4 Å². The lowest BCUT2D eigenvalue weighted by Crippen LogP contribution is -2.31. The van der Waals surface area contributed by atoms with E-state index in [1.54, 1.807) is 29.0 Å². The Kier molecular flexibility index (Phi) is 6.20. The predicted molar refractivity (Wildman–Crippen MR) is 107 cm³/mol. The largest absolute Gasteiger partial charge is 0.495 e. The zero-order chi connectivity index (χ0) is 20.4. The smallest absolute Gasteiger partial charge is 0.244 e. The molecule has 1 N–H and O–H groups in total. The summed E-state index contributed by atoms with van der Waals surface area (Å²) >= 11 is 2.28. The molecule has 1 atom stereocenters. The molecule has 2 heterocycles. The Bertz CT molecular complexity index is 1140. The topological polar surface area (TPSA) is 89.5 Å². The minimum atomic E-state index is -4.21. The predicted octanol–water partition coefficient (Wildman–Crippen LogP) is 3.45. The number of sulfonamides is 1. The fourth-order valence-corrected chi connectivity index (χ4v) is 7.85. The third-order valence-electron chi connectivity index (χ3n) is 3.88. The molecule has 0 radical (unpaired) electrons. The van der Waals surface area contributed by atoms with Crippen LogP contribution in [0.5, 0.6) is 5.75 Å². The number of thiophene rings is 2. The van der Waals surface area contributed by atoms with E-state index >= 15 is 0 Å². The number of rotatable bonds is 8. The first-order chi connectivity index (χ1) is 13.3. The number of ether oxygens (including phenoxy) is 1. The molecule has 2 aromatic heterocycles. The third-order valence-corrected chi connectivity index (χ3v) is 9.98. The second-order valence-corrected chi connectivity index (χ2v) is 11.6. The van der Waals surface area contributed by atoms with Gasteiger partial charge in [-0.2, -0.15) is 0 Å². The molecule has 1 unspecified atom stereocenters. The number of hydrogen-bond acceptors (Lipinski definition) is 7. The molecule has 0 aliphatic heterocycles. The number of benzene rings is 1. The van der Waals surface area contributed by atoms with Gasteiger partial charge in [-0.25, -0.2) is 25.9 Å². The molecule has 3 aromatic rings. The summed E-state index contributed by atoms with van der Waals surface area (Å²) in [6, 6.07) is 9.53. The Morgan fingerprint density at radius 2 is 1.79 bits per heavy atom. The summed E-state index contributed by atoms with van der Waals surface area (Å²) in [6.45, 7) is -0.400. The summed E-state index contributed by atoms with van der Waals surface area (Å²) < 4.78 is 72.5. The van der Waals surface area contributed by atoms with E-state index in [0.717, 1.165) is 23.5 Å². The van der Waals surface area contributed by atoms with Gasteiger partial charge in [0.2, 0.25) is 10.0 Å². The highest BCUT2D eigenvalue weighted by Gasteiger charge is 2.33. The summed E-state index contributed by atoms with van der Waals surface area (Å²) in [7, 11) is -6.76. The van der Waals surface area contributed by atoms with Crippen LogP contribution in [0, 0.1) is 5.82 Å². The van der Waals surface area contributed by atoms with Gasteiger partial charge in [-0.3, -0.25) is 0 Å². The maximum atomic E-state index is 13.6. The Morgan fingerprint density at radius 3 is 2.39 bits per heavy atom. The van der Waals surface area contributed by atoms with Gasteiger partial charge < -0.3 is 4.74 Å². The van der Waals surface area contributed by atoms with Gasteiger partial charge in [0.1, 0.15) is 25.9 Å². The second-order valence-electron chi connectivity index (χ2n) is 5.63. The number of sulfone groups is 1. The minimum Gasteiger partial charge on any atom is -0.495 e. The molecule has 0 fully saturated rings. The quantitative estimate of drug-likeness (QED) is 0.555. The molecule has 1 aromatic carbocycles. The van der Waals surface area contributed by atoms with E-state index < -0.39 is 42.4 Å². The molecule has 0 saturated heterocycles. The second kappa shape index (κ2) is 8.29. The van der Waals surface area contributed by atoms with Crippen LogP contribution in [0.2, 0.25) is 0 Å². The number of nitrogens with one attached hydrogen (secondary N) is 1. The summed E-state index contributed by atoms with van der Waals surface area (Å²) in [6.07, 6.45) is 0. The summed E-state index contributed by atoms with van der Waals surface area (Å²) in [5.41, 5.74) is 0. The van der Waals surface area contributed by atoms with Crippen LogP contribution in [-0.4, -0.2) is 30.5 Å². The minimum absolute atomic E-state index is 0.0392. The number of hydrogen-bond donors (Lipinski definition) is 1. The van der Waals surface area contributed by atoms with Crippen molar-refractivity contribution in [2.24, 2.45) is 0 Å². The Hall–Kier alpha value is -1.79. The van der Waals surface area contributed by atoms with Gasteiger partial charge in [-0.15, -0.1) is 22.7 Å². The molecule has 0 amide bonds. The summed E-state index contributed by atoms with van der Waals surface area (Å²) in [4.78, 5) is 0.107. The Labute approximate surface area is 170 Å². The lowest BCUT2D eigenvalue weighted by molar-refractivity contribution is 0.400. The third kappa shape index (κ3) is 4.28. The first kappa shape index (κ1) is 20.9. The monoisotopic (exact) mass is 461 g/mol. The average molecular weight is 462 g/mol. The fraction of sp³-hybridized carbons (Fsp3) is 0.176. The normalized spacial score (nSPS) is 13.4. The van der Waals surface area contributed by atoms with Crippen LogP contribution < -0.4 is 9.46 Å². The number of halogens is 1. The van der Waals surface area contributed by atoms with Crippen LogP contribution in [-0.2, 0) is 19.9 Å². The molecular formula is C17H16FNO5S4. The molecule has 3 rings (SSSR count). The van der Waals surface area contributed by atoms with Crippen LogP contribution in [0.25, 0.3) is 0 Å². The van der Waals surface area contributed by atoms with E-state index in [9.17, 15) is 21.2 Å². The van der Waals surface area contributed by atoms with Gasteiger partial charge in [0.15, 0.2) is 9.84 Å². The zero-order valence-corrected chi connectivity index (χ0v) is 17.8. The van der Waals surface area contributed by atoms with Crippen molar-refractivity contribution in [3.63, 3.8) is 0 Å². The Morgan fingerprint density at radius 1 is 1.07 bits per heavy atom. The van der Waals surface area contributed by atoms with Crippen molar-refractivity contribution in [1.82, 2.24) is 4.72 Å². The molecule has 28 heavy (non-hydrogen) atoms. The molecule has 0 spiro atoms. The molecule has 150 valence electrons. The van der Waals surface area contributed by atoms with Gasteiger partial charge >= 0.3 is 0 Å². The van der Waals surface area contributed by atoms with Gasteiger partial charge in [0.25, 0.3) is 0 Å². The van der Waals surface area contributed by atoms with Crippen molar-refractivity contribution >= 4 is 42.5 Å². The van der Waals surface area contributed by atoms with E-state index in [0.29, 0.717) is 4.88 Å². The van der Waals surface area contributed by atoms with Crippen LogP contribution in [0.15, 0.2) is 62.3 Å². The Balaban J connectivity index is 1.94. The van der Waals surface area contributed by atoms with Crippen molar-refractivity contribution in [3.8, 4) is 5.75 Å². The SMILES string of the molecule is COc1ccc(F)cc1S(=O)(=O)NCC(c1cccs1)S(=O)(=O)c1cccs1. The van der Waals surface area contributed by atoms with Crippen LogP contribution in [0.3, 0.4) is 0 Å². The van der Waals surface area contributed by atoms with Crippen LogP contribution in [0.4, 0.5) is 4.39 Å². The molecule has 11 heteroatoms. The standard InChI is InChI=1S/C17H16FNO5S4/c1-24-13-7-6-12(18)10-15(13)28(22,23)19-11-16(14-4-2-8-25-14)27(20,21)17-5-3-9-26-17/h2-10,16,19H,11H2,1H3. The van der Waals surface area contributed by atoms with Gasteiger partial charge in [-0.1, -0.05) is 12.1 Å². The molecule has 0 aliphatic rings. The highest BCUT2D eigenvalue weighted by molar-refractivity contribution is 7.94. The lowest BCUT2D eigenvalue weighted by atomic mass is 10.3. The van der Waals surface area contributed by atoms with Crippen LogP contribution in [0.1, 0.15) is 10.1 Å². The van der Waals surface area contributed by atoms with Crippen molar-refractivity contribution in [3.05, 3.63) is 63.9 Å². The van der Waals surface area contributed by atoms with Gasteiger partial charge in [0.05, 0.1) is 7.11 Å². The van der Waals surface area contributed by atoms with Crippen molar-refractivity contribution in [2.45, 2.75) is 14.4 Å². The van der Waals surface area contributed by atoms with Crippen molar-refractivity contribution in [2.75, 3.05) is 13.7 Å². The maximum Gasteiger partial charge on any atom is 0.244 e. The summed E-state index contributed by atoms with van der Waals surface area (Å²) in [5, 5.41) is 2.25. The zero-order valence-electron chi connectivity index (χ0n) is 14.5. The average Bonchev–Trinajstić information content (AvgIpc) is 3.36. The molecule has 0 saturated carbocycles. The fourth-order valence-electron chi connectivity index (χ4n) is 2.53. The van der Waals surface area contributed by atoms with Crippen molar-refractivity contribution < 1.29 is 26.0 Å². The first-order valence-corrected chi connectivity index (χ1v) is 12.7. The van der Waals surface area contributed by atoms with Gasteiger partial charge in [-0.05, 0) is 41.1 Å². The summed E-state index contributed by atoms with van der Waals surface area (Å²) in [5.74, 6) is -0.787. The highest BCUT2D eigenvalue weighted by Crippen LogP contribution is 2.34. The van der Waals surface area contributed by atoms with E-state index in [4.69, 9.17) is 4.74 Å². The van der Waals surface area contributed by atoms with E-state index in [-0.39, 0.29) is 9.96 Å². The number of methoxy groups -OCH3 is 1. The lowest BCUT2D eigenvalue weighted by Gasteiger charge is -2.17. The van der Waals surface area contributed by atoms with E-state index in [1.165, 1.54) is 30.6 Å². The van der Waals surface area contributed by atoms with Crippen molar-refractivity contribution in [1.29, 1.82) is 0 Å². The first-order valence-electron chi connectivity index (χ1n) is 7.89. The molecular weight excluding hydrogens is 445 g/mol. The molecule has 0 bridgehead atoms. The maximum absolute atomic E-state index is 13.6. The highest BCUT2D eigenvalue weighted by atomic mass is 32.2.